The van der Waals surface area contributed by atoms with Gasteiger partial charge in [-0.15, -0.1) is 0 Å². The second-order valence-electron chi connectivity index (χ2n) is 9.15. The number of ether oxygens (including phenoxy) is 1. The molecule has 1 N–H and O–H groups in total. The molecule has 0 spiro atoms. The van der Waals surface area contributed by atoms with Gasteiger partial charge in [-0.3, -0.25) is 9.59 Å². The highest BCUT2D eigenvalue weighted by Gasteiger charge is 2.58. The minimum atomic E-state index is -0.477. The summed E-state index contributed by atoms with van der Waals surface area (Å²) in [5, 5.41) is 4.13. The zero-order valence-corrected chi connectivity index (χ0v) is 19.8. The molecule has 36 heavy (non-hydrogen) atoms. The van der Waals surface area contributed by atoms with E-state index in [1.54, 1.807) is 12.1 Å². The second kappa shape index (κ2) is 10.8. The first-order chi connectivity index (χ1) is 17.6. The van der Waals surface area contributed by atoms with Crippen molar-refractivity contribution in [1.29, 1.82) is 0 Å². The van der Waals surface area contributed by atoms with E-state index in [1.165, 1.54) is 18.3 Å². The highest BCUT2D eigenvalue weighted by molar-refractivity contribution is 5.91. The summed E-state index contributed by atoms with van der Waals surface area (Å²) >= 11 is 0. The molecule has 1 aliphatic carbocycles. The van der Waals surface area contributed by atoms with Crippen LogP contribution in [0.15, 0.2) is 90.0 Å². The number of morpholine rings is 1. The molecule has 1 heterocycles. The van der Waals surface area contributed by atoms with Crippen molar-refractivity contribution in [2.24, 2.45) is 16.9 Å². The molecule has 2 atom stereocenters. The Labute approximate surface area is 209 Å². The van der Waals surface area contributed by atoms with Crippen LogP contribution in [0, 0.1) is 17.7 Å². The summed E-state index contributed by atoms with van der Waals surface area (Å²) in [7, 11) is 0. The molecule has 6 nitrogen and oxygen atoms in total. The number of rotatable bonds is 6. The topological polar surface area (TPSA) is 71.0 Å². The molecule has 5 rings (SSSR count). The van der Waals surface area contributed by atoms with Crippen molar-refractivity contribution in [2.45, 2.75) is 11.8 Å². The van der Waals surface area contributed by atoms with Gasteiger partial charge in [-0.25, -0.2) is 9.82 Å². The Hall–Kier alpha value is -3.84. The maximum absolute atomic E-state index is 13.8. The van der Waals surface area contributed by atoms with Crippen LogP contribution in [0.3, 0.4) is 0 Å². The molecule has 3 aromatic carbocycles. The molecule has 7 heteroatoms. The first kappa shape index (κ1) is 23.9. The van der Waals surface area contributed by atoms with Crippen molar-refractivity contribution in [3.63, 3.8) is 0 Å². The third-order valence-corrected chi connectivity index (χ3v) is 7.09. The van der Waals surface area contributed by atoms with Gasteiger partial charge in [-0.05, 0) is 28.8 Å². The number of hydrogen-bond donors (Lipinski definition) is 1. The van der Waals surface area contributed by atoms with Crippen LogP contribution in [0.25, 0.3) is 0 Å². The number of carbonyl (C=O) groups is 2. The average Bonchev–Trinajstić information content (AvgIpc) is 2.91. The molecule has 0 aromatic heterocycles. The lowest BCUT2D eigenvalue weighted by atomic mass is 9.51. The van der Waals surface area contributed by atoms with Gasteiger partial charge in [0, 0.05) is 24.9 Å². The molecule has 2 fully saturated rings. The molecule has 1 aliphatic heterocycles. The van der Waals surface area contributed by atoms with E-state index in [1.807, 2.05) is 65.6 Å². The van der Waals surface area contributed by atoms with Gasteiger partial charge < -0.3 is 9.64 Å². The quantitative estimate of drug-likeness (QED) is 0.425. The fourth-order valence-electron chi connectivity index (χ4n) is 5.35. The molecular formula is C29H28FN3O3. The van der Waals surface area contributed by atoms with Gasteiger partial charge in [0.15, 0.2) is 0 Å². The fraction of sp³-hybridized carbons (Fsp3) is 0.276. The lowest BCUT2D eigenvalue weighted by molar-refractivity contribution is -0.151. The van der Waals surface area contributed by atoms with Crippen LogP contribution in [0.4, 0.5) is 4.39 Å². The SMILES string of the molecule is O=C(N/N=C\c1ccc(F)cc1)C1[C@@H](c2ccccc2)C(C(=O)N2CCOCC2)[C@@H]1c1ccccc1. The number of nitrogens with one attached hydrogen (secondary N) is 1. The number of hydrogen-bond acceptors (Lipinski definition) is 4. The van der Waals surface area contributed by atoms with Crippen LogP contribution in [-0.4, -0.2) is 49.2 Å². The van der Waals surface area contributed by atoms with Crippen molar-refractivity contribution in [3.05, 3.63) is 107 Å². The Morgan fingerprint density at radius 1 is 0.833 bits per heavy atom. The van der Waals surface area contributed by atoms with E-state index in [4.69, 9.17) is 4.74 Å². The van der Waals surface area contributed by atoms with Crippen LogP contribution in [-0.2, 0) is 14.3 Å². The van der Waals surface area contributed by atoms with Crippen LogP contribution >= 0.6 is 0 Å². The Morgan fingerprint density at radius 2 is 1.39 bits per heavy atom. The lowest BCUT2D eigenvalue weighted by Gasteiger charge is -2.52. The highest BCUT2D eigenvalue weighted by atomic mass is 19.1. The lowest BCUT2D eigenvalue weighted by Crippen LogP contribution is -2.57. The van der Waals surface area contributed by atoms with Crippen molar-refractivity contribution in [1.82, 2.24) is 10.3 Å². The number of halogens is 1. The monoisotopic (exact) mass is 485 g/mol. The molecule has 3 aromatic rings. The third-order valence-electron chi connectivity index (χ3n) is 7.09. The van der Waals surface area contributed by atoms with Crippen molar-refractivity contribution >= 4 is 18.0 Å². The van der Waals surface area contributed by atoms with Crippen molar-refractivity contribution in [3.8, 4) is 0 Å². The number of nitrogens with zero attached hydrogens (tertiary/aromatic N) is 2. The van der Waals surface area contributed by atoms with Crippen LogP contribution in [0.1, 0.15) is 28.5 Å². The Kier molecular flexibility index (Phi) is 7.18. The number of amides is 2. The van der Waals surface area contributed by atoms with E-state index in [-0.39, 0.29) is 35.4 Å². The van der Waals surface area contributed by atoms with E-state index in [0.717, 1.165) is 11.1 Å². The molecule has 0 radical (unpaired) electrons. The largest absolute Gasteiger partial charge is 0.378 e. The molecule has 184 valence electrons. The van der Waals surface area contributed by atoms with Gasteiger partial charge in [0.05, 0.1) is 31.3 Å². The second-order valence-corrected chi connectivity index (χ2v) is 9.15. The summed E-state index contributed by atoms with van der Waals surface area (Å²) in [6.45, 7) is 2.15. The zero-order chi connectivity index (χ0) is 24.9. The average molecular weight is 486 g/mol. The molecular weight excluding hydrogens is 457 g/mol. The molecule has 0 bridgehead atoms. The van der Waals surface area contributed by atoms with Crippen molar-refractivity contribution in [2.75, 3.05) is 26.3 Å². The number of benzene rings is 3. The molecule has 2 amide bonds. The number of carbonyl (C=O) groups excluding carboxylic acids is 2. The molecule has 2 aliphatic rings. The van der Waals surface area contributed by atoms with E-state index in [0.29, 0.717) is 31.9 Å². The Morgan fingerprint density at radius 3 is 1.94 bits per heavy atom. The maximum Gasteiger partial charge on any atom is 0.244 e. The maximum atomic E-state index is 13.8. The van der Waals surface area contributed by atoms with Crippen molar-refractivity contribution < 1.29 is 18.7 Å². The van der Waals surface area contributed by atoms with Crippen LogP contribution < -0.4 is 5.43 Å². The molecule has 1 saturated heterocycles. The summed E-state index contributed by atoms with van der Waals surface area (Å²) in [5.74, 6) is -1.94. The predicted octanol–water partition coefficient (Wildman–Crippen LogP) is 3.95. The van der Waals surface area contributed by atoms with E-state index < -0.39 is 5.92 Å². The Balaban J connectivity index is 1.46. The summed E-state index contributed by atoms with van der Waals surface area (Å²) in [4.78, 5) is 29.2. The normalized spacial score (nSPS) is 23.8. The van der Waals surface area contributed by atoms with Gasteiger partial charge in [-0.1, -0.05) is 72.8 Å². The smallest absolute Gasteiger partial charge is 0.244 e. The first-order valence-electron chi connectivity index (χ1n) is 12.2. The van der Waals surface area contributed by atoms with Crippen LogP contribution in [0.5, 0.6) is 0 Å². The summed E-state index contributed by atoms with van der Waals surface area (Å²) in [6, 6.07) is 25.4. The van der Waals surface area contributed by atoms with Gasteiger partial charge in [0.25, 0.3) is 0 Å². The first-order valence-corrected chi connectivity index (χ1v) is 12.2. The predicted molar refractivity (Wildman–Crippen MR) is 135 cm³/mol. The van der Waals surface area contributed by atoms with Gasteiger partial charge in [-0.2, -0.15) is 5.10 Å². The van der Waals surface area contributed by atoms with Gasteiger partial charge in [0.1, 0.15) is 5.82 Å². The number of hydrazone groups is 1. The molecule has 0 unspecified atom stereocenters. The van der Waals surface area contributed by atoms with Gasteiger partial charge in [0.2, 0.25) is 11.8 Å². The van der Waals surface area contributed by atoms with E-state index in [2.05, 4.69) is 10.5 Å². The third kappa shape index (κ3) is 4.93. The van der Waals surface area contributed by atoms with Crippen LogP contribution in [0.2, 0.25) is 0 Å². The standard InChI is InChI=1S/C29H28FN3O3/c30-23-13-11-20(12-14-23)19-31-32-28(34)26-24(21-7-3-1-4-8-21)27(25(26)22-9-5-2-6-10-22)29(35)33-15-17-36-18-16-33/h1-14,19,24-27H,15-18H2,(H,32,34)/b31-19-/t24-,25-,26?,27?/m1/s1. The van der Waals surface area contributed by atoms with E-state index in [9.17, 15) is 14.0 Å². The minimum Gasteiger partial charge on any atom is -0.378 e. The van der Waals surface area contributed by atoms with E-state index >= 15 is 0 Å². The highest BCUT2D eigenvalue weighted by Crippen LogP contribution is 2.58. The summed E-state index contributed by atoms with van der Waals surface area (Å²) in [5.41, 5.74) is 5.26. The van der Waals surface area contributed by atoms with Gasteiger partial charge >= 0.3 is 0 Å². The molecule has 1 saturated carbocycles. The summed E-state index contributed by atoms with van der Waals surface area (Å²) in [6.07, 6.45) is 1.49. The Bertz CT molecular complexity index is 1160. The minimum absolute atomic E-state index is 0.0554. The zero-order valence-electron chi connectivity index (χ0n) is 19.8. The fourth-order valence-corrected chi connectivity index (χ4v) is 5.35. The summed E-state index contributed by atoms with van der Waals surface area (Å²) < 4.78 is 18.6.